The Hall–Kier alpha value is -1.64. The van der Waals surface area contributed by atoms with E-state index in [0.29, 0.717) is 32.8 Å². The lowest BCUT2D eigenvalue weighted by molar-refractivity contribution is -0.137. The molecule has 2 rings (SSSR count). The van der Waals surface area contributed by atoms with Crippen LogP contribution in [0.5, 0.6) is 0 Å². The second kappa shape index (κ2) is 10.1. The van der Waals surface area contributed by atoms with Crippen molar-refractivity contribution in [2.45, 2.75) is 19.1 Å². The molecule has 1 saturated heterocycles. The molecule has 1 aromatic rings. The second-order valence-electron chi connectivity index (χ2n) is 6.94. The Morgan fingerprint density at radius 2 is 1.78 bits per heavy atom. The lowest BCUT2D eigenvalue weighted by Crippen LogP contribution is -2.50. The normalized spacial score (nSPS) is 16.1. The van der Waals surface area contributed by atoms with Crippen molar-refractivity contribution in [1.29, 1.82) is 0 Å². The van der Waals surface area contributed by atoms with Gasteiger partial charge in [-0.15, -0.1) is 0 Å². The van der Waals surface area contributed by atoms with Crippen LogP contribution in [0.3, 0.4) is 0 Å². The van der Waals surface area contributed by atoms with Crippen molar-refractivity contribution < 1.29 is 22.7 Å². The summed E-state index contributed by atoms with van der Waals surface area (Å²) in [5.74, 6) is 0.115. The van der Waals surface area contributed by atoms with Gasteiger partial charge in [-0.25, -0.2) is 0 Å². The van der Waals surface area contributed by atoms with Crippen LogP contribution < -0.4 is 0 Å². The summed E-state index contributed by atoms with van der Waals surface area (Å²) in [6.45, 7) is 5.21. The van der Waals surface area contributed by atoms with Crippen LogP contribution in [0, 0.1) is 0 Å². The summed E-state index contributed by atoms with van der Waals surface area (Å²) >= 11 is 0. The summed E-state index contributed by atoms with van der Waals surface area (Å²) in [5.41, 5.74) is 0.219. The first-order chi connectivity index (χ1) is 12.8. The van der Waals surface area contributed by atoms with Gasteiger partial charge in [0.25, 0.3) is 0 Å². The summed E-state index contributed by atoms with van der Waals surface area (Å²) in [6, 6.07) is 5.29. The number of halogens is 3. The molecule has 1 heterocycles. The summed E-state index contributed by atoms with van der Waals surface area (Å²) in [4.78, 5) is 18.4. The zero-order valence-electron chi connectivity index (χ0n) is 16.0. The third-order valence-electron chi connectivity index (χ3n) is 4.71. The molecule has 0 radical (unpaired) electrons. The first-order valence-electron chi connectivity index (χ1n) is 9.13. The lowest BCUT2D eigenvalue weighted by atomic mass is 10.1. The quantitative estimate of drug-likeness (QED) is 0.642. The largest absolute Gasteiger partial charge is 0.416 e. The second-order valence-corrected chi connectivity index (χ2v) is 6.94. The molecule has 5 nitrogen and oxygen atoms in total. The fourth-order valence-corrected chi connectivity index (χ4v) is 3.10. The highest BCUT2D eigenvalue weighted by Gasteiger charge is 2.30. The van der Waals surface area contributed by atoms with E-state index in [-0.39, 0.29) is 5.91 Å². The van der Waals surface area contributed by atoms with Crippen LogP contribution in [-0.2, 0) is 22.3 Å². The minimum atomic E-state index is -4.30. The highest BCUT2D eigenvalue weighted by Crippen LogP contribution is 2.29. The smallest absolute Gasteiger partial charge is 0.385 e. The van der Waals surface area contributed by atoms with E-state index in [1.807, 2.05) is 16.8 Å². The van der Waals surface area contributed by atoms with E-state index in [4.69, 9.17) is 4.74 Å². The molecule has 1 aromatic carbocycles. The number of rotatable bonds is 8. The molecule has 8 heteroatoms. The fourth-order valence-electron chi connectivity index (χ4n) is 3.10. The van der Waals surface area contributed by atoms with Crippen LogP contribution in [0.25, 0.3) is 0 Å². The van der Waals surface area contributed by atoms with E-state index in [0.717, 1.165) is 43.8 Å². The predicted octanol–water partition coefficient (Wildman–Crippen LogP) is 2.32. The van der Waals surface area contributed by atoms with Crippen LogP contribution in [-0.4, -0.2) is 80.6 Å². The molecule has 0 unspecified atom stereocenters. The molecule has 0 saturated carbocycles. The average Bonchev–Trinajstić information content (AvgIpc) is 2.62. The van der Waals surface area contributed by atoms with Gasteiger partial charge in [-0.05, 0) is 31.2 Å². The minimum Gasteiger partial charge on any atom is -0.385 e. The Labute approximate surface area is 158 Å². The molecule has 1 aliphatic rings. The maximum atomic E-state index is 12.6. The number of alkyl halides is 3. The summed E-state index contributed by atoms with van der Waals surface area (Å²) in [7, 11) is 3.59. The van der Waals surface area contributed by atoms with Crippen LogP contribution in [0.1, 0.15) is 17.5 Å². The topological polar surface area (TPSA) is 36.0 Å². The van der Waals surface area contributed by atoms with Gasteiger partial charge >= 0.3 is 6.18 Å². The first kappa shape index (κ1) is 21.7. The Morgan fingerprint density at radius 1 is 1.15 bits per heavy atom. The number of carbonyl (C=O) groups excluding carboxylic acids is 1. The van der Waals surface area contributed by atoms with Crippen LogP contribution >= 0.6 is 0 Å². The standard InChI is InChI=1S/C19H28F3N3O2/c1-23(8-3-13-27-2)15-18(26)25-11-9-24(10-12-25)14-16-4-6-17(7-5-16)19(20,21)22/h4-7H,3,8-15H2,1-2H3. The number of carbonyl (C=O) groups is 1. The Bertz CT molecular complexity index is 585. The summed E-state index contributed by atoms with van der Waals surface area (Å²) in [5, 5.41) is 0. The molecule has 152 valence electrons. The van der Waals surface area contributed by atoms with E-state index >= 15 is 0 Å². The number of piperazine rings is 1. The molecule has 0 bridgehead atoms. The molecule has 1 aliphatic heterocycles. The number of benzene rings is 1. The van der Waals surface area contributed by atoms with Gasteiger partial charge in [0, 0.05) is 53.0 Å². The van der Waals surface area contributed by atoms with Crippen molar-refractivity contribution in [2.24, 2.45) is 0 Å². The molecule has 1 fully saturated rings. The molecule has 0 atom stereocenters. The van der Waals surface area contributed by atoms with Crippen molar-refractivity contribution in [3.63, 3.8) is 0 Å². The summed E-state index contributed by atoms with van der Waals surface area (Å²) in [6.07, 6.45) is -3.41. The average molecular weight is 387 g/mol. The predicted molar refractivity (Wildman–Crippen MR) is 97.3 cm³/mol. The molecule has 0 spiro atoms. The maximum Gasteiger partial charge on any atom is 0.416 e. The van der Waals surface area contributed by atoms with Crippen LogP contribution in [0.15, 0.2) is 24.3 Å². The number of hydrogen-bond acceptors (Lipinski definition) is 4. The molecule has 1 amide bonds. The molecule has 0 N–H and O–H groups in total. The van der Waals surface area contributed by atoms with Crippen molar-refractivity contribution in [2.75, 3.05) is 60.0 Å². The number of methoxy groups -OCH3 is 1. The first-order valence-corrected chi connectivity index (χ1v) is 9.13. The van der Waals surface area contributed by atoms with Crippen LogP contribution in [0.2, 0.25) is 0 Å². The third kappa shape index (κ3) is 7.12. The number of likely N-dealkylation sites (N-methyl/N-ethyl adjacent to an activating group) is 1. The Kier molecular flexibility index (Phi) is 8.07. The van der Waals surface area contributed by atoms with Gasteiger partial charge < -0.3 is 9.64 Å². The highest BCUT2D eigenvalue weighted by atomic mass is 19.4. The van der Waals surface area contributed by atoms with E-state index in [1.165, 1.54) is 12.1 Å². The fraction of sp³-hybridized carbons (Fsp3) is 0.632. The van der Waals surface area contributed by atoms with Gasteiger partial charge in [0.05, 0.1) is 12.1 Å². The van der Waals surface area contributed by atoms with Crippen molar-refractivity contribution >= 4 is 5.91 Å². The monoisotopic (exact) mass is 387 g/mol. The minimum absolute atomic E-state index is 0.115. The zero-order valence-corrected chi connectivity index (χ0v) is 16.0. The highest BCUT2D eigenvalue weighted by molar-refractivity contribution is 5.78. The lowest BCUT2D eigenvalue weighted by Gasteiger charge is -2.35. The van der Waals surface area contributed by atoms with Crippen LogP contribution in [0.4, 0.5) is 13.2 Å². The van der Waals surface area contributed by atoms with Crippen molar-refractivity contribution in [1.82, 2.24) is 14.7 Å². The van der Waals surface area contributed by atoms with Crippen molar-refractivity contribution in [3.05, 3.63) is 35.4 Å². The number of nitrogens with zero attached hydrogens (tertiary/aromatic N) is 3. The zero-order chi connectivity index (χ0) is 19.9. The van der Waals surface area contributed by atoms with E-state index in [2.05, 4.69) is 4.90 Å². The number of amides is 1. The maximum absolute atomic E-state index is 12.6. The number of ether oxygens (including phenoxy) is 1. The Morgan fingerprint density at radius 3 is 2.33 bits per heavy atom. The number of hydrogen-bond donors (Lipinski definition) is 0. The van der Waals surface area contributed by atoms with Gasteiger partial charge in [0.1, 0.15) is 0 Å². The van der Waals surface area contributed by atoms with E-state index < -0.39 is 11.7 Å². The van der Waals surface area contributed by atoms with Gasteiger partial charge in [-0.3, -0.25) is 14.6 Å². The molecule has 0 aromatic heterocycles. The molecular formula is C19H28F3N3O2. The van der Waals surface area contributed by atoms with Gasteiger partial charge in [0.15, 0.2) is 0 Å². The van der Waals surface area contributed by atoms with Crippen molar-refractivity contribution in [3.8, 4) is 0 Å². The summed E-state index contributed by atoms with van der Waals surface area (Å²) < 4.78 is 42.9. The molecule has 0 aliphatic carbocycles. The SMILES string of the molecule is COCCCN(C)CC(=O)N1CCN(Cc2ccc(C(F)(F)F)cc2)CC1. The van der Waals surface area contributed by atoms with Gasteiger partial charge in [0.2, 0.25) is 5.91 Å². The van der Waals surface area contributed by atoms with E-state index in [1.54, 1.807) is 7.11 Å². The van der Waals surface area contributed by atoms with Gasteiger partial charge in [-0.2, -0.15) is 13.2 Å². The molecule has 27 heavy (non-hydrogen) atoms. The Balaban J connectivity index is 1.74. The third-order valence-corrected chi connectivity index (χ3v) is 4.71. The van der Waals surface area contributed by atoms with E-state index in [9.17, 15) is 18.0 Å². The van der Waals surface area contributed by atoms with Gasteiger partial charge in [-0.1, -0.05) is 12.1 Å². The molecular weight excluding hydrogens is 359 g/mol.